The van der Waals surface area contributed by atoms with Gasteiger partial charge in [-0.2, -0.15) is 0 Å². The Morgan fingerprint density at radius 3 is 2.47 bits per heavy atom. The maximum Gasteiger partial charge on any atom is 0.305 e. The molecule has 0 aliphatic heterocycles. The van der Waals surface area contributed by atoms with Gasteiger partial charge in [-0.3, -0.25) is 9.59 Å². The number of benzene rings is 1. The number of hydrogen-bond donors (Lipinski definition) is 3. The predicted molar refractivity (Wildman–Crippen MR) is 62.4 cm³/mol. The number of carboxylic acid groups (broad SMARTS) is 1. The van der Waals surface area contributed by atoms with Crippen LogP contribution >= 0.6 is 0 Å². The summed E-state index contributed by atoms with van der Waals surface area (Å²) in [6.07, 6.45) is 2.79. The van der Waals surface area contributed by atoms with Crippen molar-refractivity contribution >= 4 is 18.0 Å². The SMILES string of the molecule is O=C(O)CCNC(=O)/C=C/c1ccc(O)cc1. The maximum absolute atomic E-state index is 11.2. The molecule has 0 heterocycles. The molecule has 1 rings (SSSR count). The van der Waals surface area contributed by atoms with E-state index >= 15 is 0 Å². The highest BCUT2D eigenvalue weighted by molar-refractivity contribution is 5.91. The van der Waals surface area contributed by atoms with Crippen LogP contribution in [0.25, 0.3) is 6.08 Å². The van der Waals surface area contributed by atoms with Gasteiger partial charge in [0.25, 0.3) is 0 Å². The van der Waals surface area contributed by atoms with Gasteiger partial charge in [0, 0.05) is 12.6 Å². The number of aliphatic carboxylic acids is 1. The quantitative estimate of drug-likeness (QED) is 0.664. The Kier molecular flexibility index (Phi) is 4.75. The summed E-state index contributed by atoms with van der Waals surface area (Å²) in [5.41, 5.74) is 0.774. The smallest absolute Gasteiger partial charge is 0.305 e. The van der Waals surface area contributed by atoms with Crippen molar-refractivity contribution in [2.75, 3.05) is 6.54 Å². The molecule has 1 aromatic rings. The second-order valence-electron chi connectivity index (χ2n) is 3.36. The van der Waals surface area contributed by atoms with E-state index in [-0.39, 0.29) is 24.6 Å². The predicted octanol–water partition coefficient (Wildman–Crippen LogP) is 0.996. The van der Waals surface area contributed by atoms with Crippen molar-refractivity contribution in [1.82, 2.24) is 5.32 Å². The fraction of sp³-hybridized carbons (Fsp3) is 0.167. The Morgan fingerprint density at radius 2 is 1.88 bits per heavy atom. The van der Waals surface area contributed by atoms with Crippen LogP contribution in [0.15, 0.2) is 30.3 Å². The molecule has 3 N–H and O–H groups in total. The van der Waals surface area contributed by atoms with E-state index in [0.29, 0.717) is 0 Å². The lowest BCUT2D eigenvalue weighted by Gasteiger charge is -1.98. The molecule has 0 saturated carbocycles. The van der Waals surface area contributed by atoms with Crippen LogP contribution < -0.4 is 5.32 Å². The van der Waals surface area contributed by atoms with Crippen molar-refractivity contribution < 1.29 is 19.8 Å². The molecule has 0 unspecified atom stereocenters. The Balaban J connectivity index is 2.40. The first kappa shape index (κ1) is 12.8. The van der Waals surface area contributed by atoms with E-state index in [4.69, 9.17) is 10.2 Å². The number of carbonyl (C=O) groups excluding carboxylic acids is 1. The summed E-state index contributed by atoms with van der Waals surface area (Å²) in [5, 5.41) is 19.9. The zero-order valence-corrected chi connectivity index (χ0v) is 9.09. The highest BCUT2D eigenvalue weighted by Gasteiger charge is 1.98. The van der Waals surface area contributed by atoms with Crippen molar-refractivity contribution in [2.45, 2.75) is 6.42 Å². The monoisotopic (exact) mass is 235 g/mol. The van der Waals surface area contributed by atoms with Crippen LogP contribution in [-0.4, -0.2) is 28.6 Å². The van der Waals surface area contributed by atoms with Gasteiger partial charge in [0.1, 0.15) is 5.75 Å². The fourth-order valence-corrected chi connectivity index (χ4v) is 1.11. The van der Waals surface area contributed by atoms with Crippen LogP contribution in [0, 0.1) is 0 Å². The Bertz CT molecular complexity index is 423. The Hall–Kier alpha value is -2.30. The number of hydrogen-bond acceptors (Lipinski definition) is 3. The summed E-state index contributed by atoms with van der Waals surface area (Å²) in [6.45, 7) is 0.105. The second-order valence-corrected chi connectivity index (χ2v) is 3.36. The van der Waals surface area contributed by atoms with E-state index in [1.54, 1.807) is 18.2 Å². The minimum absolute atomic E-state index is 0.0984. The topological polar surface area (TPSA) is 86.6 Å². The van der Waals surface area contributed by atoms with Crippen molar-refractivity contribution in [3.63, 3.8) is 0 Å². The minimum Gasteiger partial charge on any atom is -0.508 e. The molecule has 0 spiro atoms. The van der Waals surface area contributed by atoms with Crippen LogP contribution in [0.4, 0.5) is 0 Å². The highest BCUT2D eigenvalue weighted by atomic mass is 16.4. The molecule has 90 valence electrons. The lowest BCUT2D eigenvalue weighted by molar-refractivity contribution is -0.136. The molecule has 5 heteroatoms. The number of aromatic hydroxyl groups is 1. The van der Waals surface area contributed by atoms with Crippen LogP contribution in [0.3, 0.4) is 0 Å². The van der Waals surface area contributed by atoms with Gasteiger partial charge in [0.15, 0.2) is 0 Å². The third-order valence-electron chi connectivity index (χ3n) is 1.96. The van der Waals surface area contributed by atoms with Crippen molar-refractivity contribution in [2.24, 2.45) is 0 Å². The lowest BCUT2D eigenvalue weighted by Crippen LogP contribution is -2.23. The third-order valence-corrected chi connectivity index (χ3v) is 1.96. The molecule has 1 amide bonds. The van der Waals surface area contributed by atoms with Gasteiger partial charge >= 0.3 is 5.97 Å². The van der Waals surface area contributed by atoms with Gasteiger partial charge in [-0.25, -0.2) is 0 Å². The van der Waals surface area contributed by atoms with Gasteiger partial charge in [-0.15, -0.1) is 0 Å². The Morgan fingerprint density at radius 1 is 1.24 bits per heavy atom. The zero-order chi connectivity index (χ0) is 12.7. The normalized spacial score (nSPS) is 10.4. The Labute approximate surface area is 98.4 Å². The van der Waals surface area contributed by atoms with E-state index in [1.165, 1.54) is 18.2 Å². The van der Waals surface area contributed by atoms with Crippen LogP contribution in [-0.2, 0) is 9.59 Å². The molecular formula is C12H13NO4. The molecule has 0 saturated heterocycles. The van der Waals surface area contributed by atoms with E-state index in [0.717, 1.165) is 5.56 Å². The van der Waals surface area contributed by atoms with Gasteiger partial charge in [0.2, 0.25) is 5.91 Å². The number of amides is 1. The van der Waals surface area contributed by atoms with E-state index in [1.807, 2.05) is 0 Å². The lowest BCUT2D eigenvalue weighted by atomic mass is 10.2. The molecule has 0 atom stereocenters. The van der Waals surface area contributed by atoms with Gasteiger partial charge in [-0.1, -0.05) is 12.1 Å². The molecule has 0 radical (unpaired) electrons. The largest absolute Gasteiger partial charge is 0.508 e. The first-order valence-electron chi connectivity index (χ1n) is 5.04. The summed E-state index contributed by atoms with van der Waals surface area (Å²) in [6, 6.07) is 6.36. The van der Waals surface area contributed by atoms with Crippen LogP contribution in [0.5, 0.6) is 5.75 Å². The van der Waals surface area contributed by atoms with Crippen LogP contribution in [0.1, 0.15) is 12.0 Å². The summed E-state index contributed by atoms with van der Waals surface area (Å²) in [7, 11) is 0. The number of nitrogens with one attached hydrogen (secondary N) is 1. The fourth-order valence-electron chi connectivity index (χ4n) is 1.11. The van der Waals surface area contributed by atoms with Crippen molar-refractivity contribution in [3.8, 4) is 5.75 Å². The average molecular weight is 235 g/mol. The minimum atomic E-state index is -0.951. The molecule has 0 fully saturated rings. The number of carbonyl (C=O) groups is 2. The van der Waals surface area contributed by atoms with E-state index in [9.17, 15) is 9.59 Å². The summed E-state index contributed by atoms with van der Waals surface area (Å²) >= 11 is 0. The molecule has 0 aliphatic carbocycles. The summed E-state index contributed by atoms with van der Waals surface area (Å²) in [4.78, 5) is 21.4. The van der Waals surface area contributed by atoms with Crippen molar-refractivity contribution in [1.29, 1.82) is 0 Å². The molecular weight excluding hydrogens is 222 g/mol. The van der Waals surface area contributed by atoms with Gasteiger partial charge in [-0.05, 0) is 23.8 Å². The summed E-state index contributed by atoms with van der Waals surface area (Å²) < 4.78 is 0. The molecule has 17 heavy (non-hydrogen) atoms. The molecule has 5 nitrogen and oxygen atoms in total. The number of phenols is 1. The van der Waals surface area contributed by atoms with Gasteiger partial charge in [0.05, 0.1) is 6.42 Å². The number of rotatable bonds is 5. The van der Waals surface area contributed by atoms with Gasteiger partial charge < -0.3 is 15.5 Å². The maximum atomic E-state index is 11.2. The van der Waals surface area contributed by atoms with Crippen molar-refractivity contribution in [3.05, 3.63) is 35.9 Å². The van der Waals surface area contributed by atoms with E-state index < -0.39 is 5.97 Å². The molecule has 1 aromatic carbocycles. The highest BCUT2D eigenvalue weighted by Crippen LogP contribution is 2.10. The van der Waals surface area contributed by atoms with Crippen LogP contribution in [0.2, 0.25) is 0 Å². The first-order valence-corrected chi connectivity index (χ1v) is 5.04. The number of carboxylic acids is 1. The first-order chi connectivity index (χ1) is 8.08. The molecule has 0 aromatic heterocycles. The zero-order valence-electron chi connectivity index (χ0n) is 9.09. The third kappa shape index (κ3) is 5.36. The summed E-state index contributed by atoms with van der Waals surface area (Å²) in [5.74, 6) is -1.14. The average Bonchev–Trinajstić information content (AvgIpc) is 2.28. The number of phenolic OH excluding ortho intramolecular Hbond substituents is 1. The standard InChI is InChI=1S/C12H13NO4/c14-10-4-1-9(2-5-10)3-6-11(15)13-8-7-12(16)17/h1-6,14H,7-8H2,(H,13,15)(H,16,17)/b6-3+. The van der Waals surface area contributed by atoms with E-state index in [2.05, 4.69) is 5.32 Å². The molecule has 0 bridgehead atoms. The molecule has 0 aliphatic rings. The second kappa shape index (κ2) is 6.32.